The molecule has 0 saturated heterocycles. The summed E-state index contributed by atoms with van der Waals surface area (Å²) in [6.07, 6.45) is 1.51. The lowest BCUT2D eigenvalue weighted by molar-refractivity contribution is -0.118. The number of nitrogens with zero attached hydrogens (tertiary/aromatic N) is 3. The van der Waals surface area contributed by atoms with Crippen molar-refractivity contribution >= 4 is 78.2 Å². The summed E-state index contributed by atoms with van der Waals surface area (Å²) in [6.45, 7) is -0.327. The average molecular weight is 767 g/mol. The van der Waals surface area contributed by atoms with Crippen LogP contribution >= 0.6 is 38.5 Å². The van der Waals surface area contributed by atoms with Crippen LogP contribution in [0.5, 0.6) is 11.5 Å². The smallest absolute Gasteiger partial charge is 0.282 e. The van der Waals surface area contributed by atoms with Gasteiger partial charge in [0.05, 0.1) is 27.8 Å². The van der Waals surface area contributed by atoms with Gasteiger partial charge in [-0.15, -0.1) is 0 Å². The highest BCUT2D eigenvalue weighted by molar-refractivity contribution is 14.1. The summed E-state index contributed by atoms with van der Waals surface area (Å²) >= 11 is 5.54. The average Bonchev–Trinajstić information content (AvgIpc) is 3.43. The molecule has 2 heterocycles. The highest BCUT2D eigenvalue weighted by atomic mass is 127. The van der Waals surface area contributed by atoms with E-state index < -0.39 is 11.7 Å². The second-order valence-electron chi connectivity index (χ2n) is 9.49. The van der Waals surface area contributed by atoms with Crippen molar-refractivity contribution in [1.29, 1.82) is 0 Å². The van der Waals surface area contributed by atoms with Crippen molar-refractivity contribution < 1.29 is 23.1 Å². The summed E-state index contributed by atoms with van der Waals surface area (Å²) in [5, 5.41) is 8.35. The Morgan fingerprint density at radius 2 is 1.95 bits per heavy atom. The third kappa shape index (κ3) is 6.21. The number of ether oxygens (including phenoxy) is 2. The largest absolute Gasteiger partial charge is 0.493 e. The number of methoxy groups -OCH3 is 1. The lowest BCUT2D eigenvalue weighted by Crippen LogP contribution is -2.21. The molecule has 6 aromatic rings. The van der Waals surface area contributed by atoms with Gasteiger partial charge in [-0.1, -0.05) is 34.1 Å². The van der Waals surface area contributed by atoms with Crippen LogP contribution in [0.1, 0.15) is 5.56 Å². The summed E-state index contributed by atoms with van der Waals surface area (Å²) in [4.78, 5) is 30.7. The fourth-order valence-electron chi connectivity index (χ4n) is 4.49. The van der Waals surface area contributed by atoms with Crippen molar-refractivity contribution in [2.75, 3.05) is 19.0 Å². The van der Waals surface area contributed by atoms with Crippen LogP contribution in [-0.2, 0) is 4.79 Å². The maximum atomic E-state index is 13.6. The van der Waals surface area contributed by atoms with E-state index in [0.29, 0.717) is 48.6 Å². The van der Waals surface area contributed by atoms with Crippen LogP contribution in [0.2, 0.25) is 0 Å². The van der Waals surface area contributed by atoms with Crippen LogP contribution in [0.25, 0.3) is 33.5 Å². The molecule has 0 aliphatic carbocycles. The molecule has 0 atom stereocenters. The maximum absolute atomic E-state index is 13.6. The van der Waals surface area contributed by atoms with Crippen LogP contribution in [-0.4, -0.2) is 35.5 Å². The first-order valence-electron chi connectivity index (χ1n) is 13.1. The van der Waals surface area contributed by atoms with Gasteiger partial charge in [0.25, 0.3) is 11.5 Å². The molecular formula is C32H21BrFIN4O5. The predicted octanol–water partition coefficient (Wildman–Crippen LogP) is 7.22. The van der Waals surface area contributed by atoms with E-state index in [4.69, 9.17) is 18.9 Å². The number of fused-ring (bicyclic) bond motifs is 2. The van der Waals surface area contributed by atoms with Crippen molar-refractivity contribution in [2.24, 2.45) is 5.10 Å². The minimum Gasteiger partial charge on any atom is -0.493 e. The van der Waals surface area contributed by atoms with Crippen molar-refractivity contribution in [3.63, 3.8) is 0 Å². The molecule has 1 N–H and O–H groups in total. The van der Waals surface area contributed by atoms with Crippen molar-refractivity contribution in [2.45, 2.75) is 0 Å². The number of rotatable bonds is 8. The normalized spacial score (nSPS) is 11.4. The molecule has 0 bridgehead atoms. The van der Waals surface area contributed by atoms with E-state index >= 15 is 0 Å². The molecule has 4 aromatic carbocycles. The monoisotopic (exact) mass is 766 g/mol. The first kappa shape index (κ1) is 29.5. The third-order valence-electron chi connectivity index (χ3n) is 6.48. The number of carbonyl (C=O) groups excluding carboxylic acids is 1. The van der Waals surface area contributed by atoms with Crippen molar-refractivity contribution in [1.82, 2.24) is 9.66 Å². The summed E-state index contributed by atoms with van der Waals surface area (Å²) < 4.78 is 33.5. The van der Waals surface area contributed by atoms with Gasteiger partial charge in [0.1, 0.15) is 11.4 Å². The number of para-hydroxylation sites is 1. The number of hydrogen-bond acceptors (Lipinski definition) is 7. The Bertz CT molecular complexity index is 2150. The molecule has 12 heteroatoms. The van der Waals surface area contributed by atoms with Gasteiger partial charge in [-0.25, -0.2) is 9.37 Å². The Morgan fingerprint density at radius 1 is 1.11 bits per heavy atom. The molecule has 9 nitrogen and oxygen atoms in total. The molecule has 0 aliphatic heterocycles. The van der Waals surface area contributed by atoms with E-state index in [2.05, 4.69) is 48.9 Å². The molecule has 0 radical (unpaired) electrons. The van der Waals surface area contributed by atoms with Gasteiger partial charge in [0, 0.05) is 15.5 Å². The number of anilines is 1. The molecule has 0 unspecified atom stereocenters. The Balaban J connectivity index is 1.32. The third-order valence-corrected chi connectivity index (χ3v) is 7.78. The number of nitrogens with one attached hydrogen (secondary N) is 1. The Morgan fingerprint density at radius 3 is 2.77 bits per heavy atom. The molecule has 2 aromatic heterocycles. The Hall–Kier alpha value is -4.56. The van der Waals surface area contributed by atoms with Gasteiger partial charge in [-0.3, -0.25) is 9.59 Å². The number of halogens is 3. The van der Waals surface area contributed by atoms with Gasteiger partial charge in [0.15, 0.2) is 23.9 Å². The summed E-state index contributed by atoms with van der Waals surface area (Å²) in [6, 6.07) is 23.5. The minimum absolute atomic E-state index is 0.239. The number of hydrogen-bond donors (Lipinski definition) is 1. The van der Waals surface area contributed by atoms with Crippen molar-refractivity contribution in [3.05, 3.63) is 115 Å². The van der Waals surface area contributed by atoms with Crippen LogP contribution in [0.3, 0.4) is 0 Å². The SMILES string of the molecule is COc1cc(C=Nn2c(-c3cc4cc(Br)ccc4o3)nc3ccccc3c2=O)cc(I)c1OCC(=O)Nc1cccc(F)c1. The zero-order valence-corrected chi connectivity index (χ0v) is 26.6. The first-order valence-corrected chi connectivity index (χ1v) is 15.0. The van der Waals surface area contributed by atoms with E-state index in [9.17, 15) is 14.0 Å². The molecular weight excluding hydrogens is 746 g/mol. The lowest BCUT2D eigenvalue weighted by Gasteiger charge is -2.13. The number of aromatic nitrogens is 2. The molecule has 0 saturated carbocycles. The van der Waals surface area contributed by atoms with Gasteiger partial charge in [0.2, 0.25) is 5.82 Å². The minimum atomic E-state index is -0.465. The number of amides is 1. The fraction of sp³-hybridized carbons (Fsp3) is 0.0625. The van der Waals surface area contributed by atoms with E-state index in [1.54, 1.807) is 36.4 Å². The van der Waals surface area contributed by atoms with E-state index in [1.165, 1.54) is 36.2 Å². The number of carbonyl (C=O) groups is 1. The molecule has 1 amide bonds. The molecule has 6 rings (SSSR count). The van der Waals surface area contributed by atoms with Crippen LogP contribution in [0.15, 0.2) is 104 Å². The zero-order valence-electron chi connectivity index (χ0n) is 22.9. The highest BCUT2D eigenvalue weighted by Crippen LogP contribution is 2.34. The topological polar surface area (TPSA) is 108 Å². The molecule has 44 heavy (non-hydrogen) atoms. The van der Waals surface area contributed by atoms with Crippen LogP contribution in [0.4, 0.5) is 10.1 Å². The molecule has 220 valence electrons. The molecule has 0 aliphatic rings. The second-order valence-corrected chi connectivity index (χ2v) is 11.6. The van der Waals surface area contributed by atoms with Crippen LogP contribution < -0.4 is 20.3 Å². The Labute approximate surface area is 271 Å². The van der Waals surface area contributed by atoms with Gasteiger partial charge < -0.3 is 19.2 Å². The summed E-state index contributed by atoms with van der Waals surface area (Å²) in [5.74, 6) is 0.389. The van der Waals surface area contributed by atoms with Gasteiger partial charge >= 0.3 is 0 Å². The first-order chi connectivity index (χ1) is 21.3. The number of benzene rings is 4. The standard InChI is InChI=1S/C32H21BrFIN4O5/c1-42-27-12-18(11-24(35)30(27)43-17-29(40)37-22-6-4-5-21(34)15-22)16-36-39-31(38-25-8-3-2-7-23(25)32(39)41)28-14-19-13-20(33)9-10-26(19)44-28/h2-16H,17H2,1H3,(H,37,40). The highest BCUT2D eigenvalue weighted by Gasteiger charge is 2.18. The van der Waals surface area contributed by atoms with Gasteiger partial charge in [-0.2, -0.15) is 9.78 Å². The number of furan rings is 1. The fourth-order valence-corrected chi connectivity index (χ4v) is 5.65. The molecule has 0 fully saturated rings. The van der Waals surface area contributed by atoms with E-state index in [1.807, 2.05) is 30.3 Å². The lowest BCUT2D eigenvalue weighted by atomic mass is 10.2. The summed E-state index contributed by atoms with van der Waals surface area (Å²) in [7, 11) is 1.47. The quantitative estimate of drug-likeness (QED) is 0.130. The van der Waals surface area contributed by atoms with E-state index in [-0.39, 0.29) is 18.0 Å². The van der Waals surface area contributed by atoms with Crippen molar-refractivity contribution in [3.8, 4) is 23.1 Å². The van der Waals surface area contributed by atoms with Gasteiger partial charge in [-0.05, 0) is 94.9 Å². The zero-order chi connectivity index (χ0) is 30.8. The predicted molar refractivity (Wildman–Crippen MR) is 178 cm³/mol. The second kappa shape index (κ2) is 12.6. The Kier molecular flexibility index (Phi) is 8.44. The summed E-state index contributed by atoms with van der Waals surface area (Å²) in [5.41, 5.74) is 1.71. The van der Waals surface area contributed by atoms with E-state index in [0.717, 1.165) is 9.86 Å². The maximum Gasteiger partial charge on any atom is 0.282 e. The van der Waals surface area contributed by atoms with Crippen LogP contribution in [0, 0.1) is 9.39 Å². The molecule has 0 spiro atoms.